The molecule has 0 bridgehead atoms. The van der Waals surface area contributed by atoms with E-state index >= 15 is 0 Å². The van der Waals surface area contributed by atoms with Gasteiger partial charge in [0, 0.05) is 17.1 Å². The topological polar surface area (TPSA) is 86.8 Å². The minimum atomic E-state index is -3.82. The zero-order valence-electron chi connectivity index (χ0n) is 19.2. The van der Waals surface area contributed by atoms with Crippen LogP contribution in [-0.4, -0.2) is 50.0 Å². The quantitative estimate of drug-likeness (QED) is 0.486. The van der Waals surface area contributed by atoms with Crippen LogP contribution in [0.5, 0.6) is 0 Å². The molecule has 0 aromatic heterocycles. The first-order valence-electron chi connectivity index (χ1n) is 11.1. The summed E-state index contributed by atoms with van der Waals surface area (Å²) < 4.78 is 27.0. The SMILES string of the molecule is C[C@H](C(=O)NC1CCCC1)N(Cc1cccc(Br)c1)C(=O)CN(c1ccccc1Cl)S(C)(=O)=O. The Hall–Kier alpha value is -2.10. The molecular weight excluding hydrogens is 542 g/mol. The number of benzene rings is 2. The van der Waals surface area contributed by atoms with Crippen LogP contribution in [0, 0.1) is 0 Å². The van der Waals surface area contributed by atoms with Crippen LogP contribution in [0.3, 0.4) is 0 Å². The number of carbonyl (C=O) groups excluding carboxylic acids is 2. The van der Waals surface area contributed by atoms with Crippen molar-refractivity contribution in [3.63, 3.8) is 0 Å². The summed E-state index contributed by atoms with van der Waals surface area (Å²) in [5.41, 5.74) is 1.03. The fourth-order valence-corrected chi connectivity index (χ4v) is 5.65. The molecule has 10 heteroatoms. The molecule has 1 N–H and O–H groups in total. The highest BCUT2D eigenvalue weighted by Gasteiger charge is 2.31. The van der Waals surface area contributed by atoms with Gasteiger partial charge in [-0.25, -0.2) is 8.42 Å². The second-order valence-corrected chi connectivity index (χ2v) is 11.8. The lowest BCUT2D eigenvalue weighted by Gasteiger charge is -2.32. The summed E-state index contributed by atoms with van der Waals surface area (Å²) in [7, 11) is -3.82. The first-order chi connectivity index (χ1) is 16.1. The predicted octanol–water partition coefficient (Wildman–Crippen LogP) is 4.34. The van der Waals surface area contributed by atoms with Gasteiger partial charge >= 0.3 is 0 Å². The predicted molar refractivity (Wildman–Crippen MR) is 138 cm³/mol. The number of para-hydroxylation sites is 1. The second kappa shape index (κ2) is 11.6. The van der Waals surface area contributed by atoms with Crippen molar-refractivity contribution in [1.82, 2.24) is 10.2 Å². The number of nitrogens with one attached hydrogen (secondary N) is 1. The van der Waals surface area contributed by atoms with Gasteiger partial charge in [0.25, 0.3) is 0 Å². The molecule has 34 heavy (non-hydrogen) atoms. The van der Waals surface area contributed by atoms with Gasteiger partial charge < -0.3 is 10.2 Å². The molecule has 0 spiro atoms. The number of anilines is 1. The van der Waals surface area contributed by atoms with Crippen molar-refractivity contribution in [3.8, 4) is 0 Å². The zero-order valence-corrected chi connectivity index (χ0v) is 22.4. The van der Waals surface area contributed by atoms with Crippen LogP contribution in [0.25, 0.3) is 0 Å². The average Bonchev–Trinajstić information content (AvgIpc) is 3.28. The molecule has 184 valence electrons. The number of carbonyl (C=O) groups is 2. The molecule has 2 aromatic carbocycles. The summed E-state index contributed by atoms with van der Waals surface area (Å²) in [6.45, 7) is 1.34. The maximum absolute atomic E-state index is 13.5. The molecule has 1 aliphatic rings. The third-order valence-electron chi connectivity index (χ3n) is 5.91. The van der Waals surface area contributed by atoms with Gasteiger partial charge in [-0.1, -0.05) is 64.6 Å². The molecule has 2 amide bonds. The summed E-state index contributed by atoms with van der Waals surface area (Å²) in [5, 5.41) is 3.25. The van der Waals surface area contributed by atoms with Gasteiger partial charge in [-0.15, -0.1) is 0 Å². The van der Waals surface area contributed by atoms with Crippen molar-refractivity contribution in [2.45, 2.75) is 51.2 Å². The monoisotopic (exact) mass is 569 g/mol. The lowest BCUT2D eigenvalue weighted by molar-refractivity contribution is -0.139. The van der Waals surface area contributed by atoms with Gasteiger partial charge in [0.1, 0.15) is 12.6 Å². The molecular formula is C24H29BrClN3O4S. The van der Waals surface area contributed by atoms with E-state index in [0.29, 0.717) is 0 Å². The first kappa shape index (κ1) is 26.5. The number of hydrogen-bond acceptors (Lipinski definition) is 4. The Morgan fingerprint density at radius 2 is 1.82 bits per heavy atom. The standard InChI is InChI=1S/C24H29BrClN3O4S/c1-17(24(31)27-20-10-3-4-11-20)28(15-18-8-7-9-19(25)14-18)23(30)16-29(34(2,32)33)22-13-6-5-12-21(22)26/h5-9,12-14,17,20H,3-4,10-11,15-16H2,1-2H3,(H,27,31)/t17-/m1/s1. The van der Waals surface area contributed by atoms with Crippen LogP contribution in [0.4, 0.5) is 5.69 Å². The molecule has 0 aliphatic heterocycles. The van der Waals surface area contributed by atoms with Crippen molar-refractivity contribution in [1.29, 1.82) is 0 Å². The number of hydrogen-bond donors (Lipinski definition) is 1. The molecule has 1 saturated carbocycles. The Labute approximate surface area is 214 Å². The Balaban J connectivity index is 1.89. The van der Waals surface area contributed by atoms with Gasteiger partial charge in [0.15, 0.2) is 0 Å². The summed E-state index contributed by atoms with van der Waals surface area (Å²) in [6.07, 6.45) is 5.01. The molecule has 0 radical (unpaired) electrons. The zero-order chi connectivity index (χ0) is 24.9. The molecule has 0 saturated heterocycles. The fourth-order valence-electron chi connectivity index (χ4n) is 4.06. The molecule has 1 fully saturated rings. The Kier molecular flexibility index (Phi) is 9.01. The first-order valence-corrected chi connectivity index (χ1v) is 14.1. The van der Waals surface area contributed by atoms with E-state index in [9.17, 15) is 18.0 Å². The minimum absolute atomic E-state index is 0.105. The molecule has 7 nitrogen and oxygen atoms in total. The van der Waals surface area contributed by atoms with Crippen LogP contribution in [0.1, 0.15) is 38.2 Å². The van der Waals surface area contributed by atoms with Crippen LogP contribution in [-0.2, 0) is 26.2 Å². The molecule has 0 heterocycles. The highest BCUT2D eigenvalue weighted by molar-refractivity contribution is 9.10. The highest BCUT2D eigenvalue weighted by Crippen LogP contribution is 2.27. The van der Waals surface area contributed by atoms with Crippen molar-refractivity contribution in [3.05, 3.63) is 63.6 Å². The van der Waals surface area contributed by atoms with E-state index in [-0.39, 0.29) is 29.2 Å². The number of sulfonamides is 1. The average molecular weight is 571 g/mol. The summed E-state index contributed by atoms with van der Waals surface area (Å²) in [5.74, 6) is -0.752. The van der Waals surface area contributed by atoms with E-state index in [0.717, 1.165) is 46.3 Å². The van der Waals surface area contributed by atoms with Gasteiger partial charge in [-0.2, -0.15) is 0 Å². The van der Waals surface area contributed by atoms with Crippen molar-refractivity contribution >= 4 is 55.1 Å². The van der Waals surface area contributed by atoms with Gasteiger partial charge in [-0.3, -0.25) is 13.9 Å². The van der Waals surface area contributed by atoms with E-state index in [2.05, 4.69) is 21.2 Å². The third kappa shape index (κ3) is 6.96. The Morgan fingerprint density at radius 1 is 1.15 bits per heavy atom. The van der Waals surface area contributed by atoms with Crippen LogP contribution in [0.2, 0.25) is 5.02 Å². The minimum Gasteiger partial charge on any atom is -0.352 e. The summed E-state index contributed by atoms with van der Waals surface area (Å²) in [6, 6.07) is 13.2. The second-order valence-electron chi connectivity index (χ2n) is 8.54. The summed E-state index contributed by atoms with van der Waals surface area (Å²) >= 11 is 9.68. The highest BCUT2D eigenvalue weighted by atomic mass is 79.9. The van der Waals surface area contributed by atoms with Crippen LogP contribution >= 0.6 is 27.5 Å². The van der Waals surface area contributed by atoms with E-state index in [1.807, 2.05) is 24.3 Å². The van der Waals surface area contributed by atoms with Gasteiger partial charge in [-0.05, 0) is 49.6 Å². The molecule has 3 rings (SSSR count). The lowest BCUT2D eigenvalue weighted by Crippen LogP contribution is -2.52. The Bertz CT molecular complexity index is 1140. The smallest absolute Gasteiger partial charge is 0.244 e. The molecule has 1 aliphatic carbocycles. The molecule has 1 atom stereocenters. The van der Waals surface area contributed by atoms with Crippen LogP contribution < -0.4 is 9.62 Å². The maximum Gasteiger partial charge on any atom is 0.244 e. The van der Waals surface area contributed by atoms with E-state index in [1.165, 1.54) is 4.90 Å². The maximum atomic E-state index is 13.5. The largest absolute Gasteiger partial charge is 0.352 e. The number of amides is 2. The van der Waals surface area contributed by atoms with Gasteiger partial charge in [0.2, 0.25) is 21.8 Å². The third-order valence-corrected chi connectivity index (χ3v) is 7.85. The molecule has 2 aromatic rings. The Morgan fingerprint density at radius 3 is 2.44 bits per heavy atom. The lowest BCUT2D eigenvalue weighted by atomic mass is 10.1. The van der Waals surface area contributed by atoms with Crippen LogP contribution in [0.15, 0.2) is 53.0 Å². The van der Waals surface area contributed by atoms with Crippen molar-refractivity contribution in [2.75, 3.05) is 17.1 Å². The van der Waals surface area contributed by atoms with E-state index in [4.69, 9.17) is 11.6 Å². The van der Waals surface area contributed by atoms with E-state index < -0.39 is 28.5 Å². The molecule has 0 unspecified atom stereocenters. The summed E-state index contributed by atoms with van der Waals surface area (Å²) in [4.78, 5) is 28.0. The number of halogens is 2. The fraction of sp³-hybridized carbons (Fsp3) is 0.417. The van der Waals surface area contributed by atoms with E-state index in [1.54, 1.807) is 31.2 Å². The van der Waals surface area contributed by atoms with Crippen molar-refractivity contribution < 1.29 is 18.0 Å². The van der Waals surface area contributed by atoms with Crippen molar-refractivity contribution in [2.24, 2.45) is 0 Å². The number of nitrogens with zero attached hydrogens (tertiary/aromatic N) is 2. The number of rotatable bonds is 9. The normalized spacial score (nSPS) is 15.1. The van der Waals surface area contributed by atoms with Gasteiger partial charge in [0.05, 0.1) is 17.0 Å².